The third-order valence-corrected chi connectivity index (χ3v) is 3.64. The molecule has 15 heavy (non-hydrogen) atoms. The van der Waals surface area contributed by atoms with E-state index in [0.29, 0.717) is 19.7 Å². The molecule has 0 amide bonds. The Balaban J connectivity index is 2.33. The van der Waals surface area contributed by atoms with Crippen LogP contribution in [0.15, 0.2) is 24.3 Å². The number of sulfonamides is 1. The molecule has 0 aromatic heterocycles. The number of benzene rings is 1. The minimum atomic E-state index is -3.14. The standard InChI is InChI=1S/C10H13NO3S/c1-15(12,13)11-6-7-14-10-5-3-2-4-9(10)8-11/h2-5H,6-8H2,1H3. The molecule has 0 radical (unpaired) electrons. The fraction of sp³-hybridized carbons (Fsp3) is 0.400. The number of nitrogens with zero attached hydrogens (tertiary/aromatic N) is 1. The van der Waals surface area contributed by atoms with Gasteiger partial charge in [-0.3, -0.25) is 0 Å². The maximum Gasteiger partial charge on any atom is 0.211 e. The molecule has 0 aliphatic carbocycles. The molecule has 0 saturated heterocycles. The highest BCUT2D eigenvalue weighted by Gasteiger charge is 2.21. The van der Waals surface area contributed by atoms with Crippen LogP contribution in [-0.2, 0) is 16.6 Å². The van der Waals surface area contributed by atoms with Crippen LogP contribution >= 0.6 is 0 Å². The van der Waals surface area contributed by atoms with Gasteiger partial charge in [0.15, 0.2) is 0 Å². The van der Waals surface area contributed by atoms with Gasteiger partial charge in [-0.05, 0) is 6.07 Å². The lowest BCUT2D eigenvalue weighted by molar-refractivity contribution is 0.293. The summed E-state index contributed by atoms with van der Waals surface area (Å²) in [6, 6.07) is 7.52. The van der Waals surface area contributed by atoms with Crippen LogP contribution < -0.4 is 4.74 Å². The van der Waals surface area contributed by atoms with E-state index in [-0.39, 0.29) is 0 Å². The summed E-state index contributed by atoms with van der Waals surface area (Å²) in [6.45, 7) is 1.21. The monoisotopic (exact) mass is 227 g/mol. The van der Waals surface area contributed by atoms with Crippen molar-refractivity contribution in [1.29, 1.82) is 0 Å². The highest BCUT2D eigenvalue weighted by Crippen LogP contribution is 2.23. The number of fused-ring (bicyclic) bond motifs is 1. The van der Waals surface area contributed by atoms with Crippen LogP contribution in [0, 0.1) is 0 Å². The highest BCUT2D eigenvalue weighted by molar-refractivity contribution is 7.88. The Labute approximate surface area is 89.5 Å². The maximum atomic E-state index is 11.4. The molecule has 0 N–H and O–H groups in total. The first kappa shape index (κ1) is 10.4. The van der Waals surface area contributed by atoms with Gasteiger partial charge >= 0.3 is 0 Å². The van der Waals surface area contributed by atoms with E-state index in [1.54, 1.807) is 0 Å². The minimum absolute atomic E-state index is 0.398. The molecule has 82 valence electrons. The first-order valence-corrected chi connectivity index (χ1v) is 6.58. The molecule has 1 aromatic rings. The Morgan fingerprint density at radius 1 is 1.33 bits per heavy atom. The van der Waals surface area contributed by atoms with Crippen molar-refractivity contribution >= 4 is 10.0 Å². The predicted octanol–water partition coefficient (Wildman–Crippen LogP) is 0.841. The summed E-state index contributed by atoms with van der Waals surface area (Å²) in [4.78, 5) is 0. The van der Waals surface area contributed by atoms with Crippen LogP contribution in [0.1, 0.15) is 5.56 Å². The van der Waals surface area contributed by atoms with Crippen molar-refractivity contribution in [3.8, 4) is 5.75 Å². The lowest BCUT2D eigenvalue weighted by Gasteiger charge is -2.15. The molecular formula is C10H13NO3S. The third-order valence-electron chi connectivity index (χ3n) is 2.39. The average Bonchev–Trinajstić information content (AvgIpc) is 2.38. The molecule has 0 atom stereocenters. The lowest BCUT2D eigenvalue weighted by Crippen LogP contribution is -2.31. The number of hydrogen-bond donors (Lipinski definition) is 0. The van der Waals surface area contributed by atoms with E-state index in [1.807, 2.05) is 24.3 Å². The molecule has 2 rings (SSSR count). The van der Waals surface area contributed by atoms with Gasteiger partial charge in [-0.25, -0.2) is 8.42 Å². The second-order valence-corrected chi connectivity index (χ2v) is 5.54. The zero-order valence-corrected chi connectivity index (χ0v) is 9.33. The SMILES string of the molecule is CS(=O)(=O)N1CCOc2ccccc2C1. The van der Waals surface area contributed by atoms with Gasteiger partial charge in [0.1, 0.15) is 12.4 Å². The van der Waals surface area contributed by atoms with Crippen LogP contribution in [0.25, 0.3) is 0 Å². The molecule has 0 bridgehead atoms. The molecule has 5 heteroatoms. The normalized spacial score (nSPS) is 17.7. The molecule has 1 aromatic carbocycles. The fourth-order valence-electron chi connectivity index (χ4n) is 1.58. The van der Waals surface area contributed by atoms with Gasteiger partial charge in [-0.1, -0.05) is 18.2 Å². The Hall–Kier alpha value is -1.07. The molecule has 0 spiro atoms. The average molecular weight is 227 g/mol. The first-order chi connectivity index (χ1) is 7.07. The van der Waals surface area contributed by atoms with Gasteiger partial charge in [0.05, 0.1) is 6.26 Å². The van der Waals surface area contributed by atoms with E-state index in [1.165, 1.54) is 10.6 Å². The summed E-state index contributed by atoms with van der Waals surface area (Å²) in [5.74, 6) is 0.781. The summed E-state index contributed by atoms with van der Waals surface area (Å²) in [5, 5.41) is 0. The second-order valence-electron chi connectivity index (χ2n) is 3.55. The zero-order valence-electron chi connectivity index (χ0n) is 8.51. The van der Waals surface area contributed by atoms with Crippen LogP contribution in [0.2, 0.25) is 0 Å². The highest BCUT2D eigenvalue weighted by atomic mass is 32.2. The number of hydrogen-bond acceptors (Lipinski definition) is 3. The summed E-state index contributed by atoms with van der Waals surface area (Å²) in [6.07, 6.45) is 1.22. The van der Waals surface area contributed by atoms with Gasteiger partial charge in [0.2, 0.25) is 10.0 Å². The van der Waals surface area contributed by atoms with Gasteiger partial charge in [0, 0.05) is 18.7 Å². The topological polar surface area (TPSA) is 46.6 Å². The number of rotatable bonds is 1. The molecule has 0 fully saturated rings. The molecular weight excluding hydrogens is 214 g/mol. The third kappa shape index (κ3) is 2.30. The molecule has 0 unspecified atom stereocenters. The summed E-state index contributed by atoms with van der Waals surface area (Å²) in [7, 11) is -3.14. The predicted molar refractivity (Wildman–Crippen MR) is 57.2 cm³/mol. The van der Waals surface area contributed by atoms with Gasteiger partial charge in [-0.15, -0.1) is 0 Å². The van der Waals surface area contributed by atoms with Gasteiger partial charge in [-0.2, -0.15) is 4.31 Å². The summed E-state index contributed by atoms with van der Waals surface area (Å²) >= 11 is 0. The quantitative estimate of drug-likeness (QED) is 0.714. The van der Waals surface area contributed by atoms with E-state index in [9.17, 15) is 8.42 Å². The van der Waals surface area contributed by atoms with Crippen molar-refractivity contribution < 1.29 is 13.2 Å². The van der Waals surface area contributed by atoms with E-state index in [0.717, 1.165) is 11.3 Å². The van der Waals surface area contributed by atoms with E-state index < -0.39 is 10.0 Å². The van der Waals surface area contributed by atoms with Crippen molar-refractivity contribution in [2.45, 2.75) is 6.54 Å². The molecule has 0 saturated carbocycles. The number of ether oxygens (including phenoxy) is 1. The number of para-hydroxylation sites is 1. The second kappa shape index (κ2) is 3.83. The molecule has 4 nitrogen and oxygen atoms in total. The van der Waals surface area contributed by atoms with Crippen LogP contribution in [0.3, 0.4) is 0 Å². The van der Waals surface area contributed by atoms with Crippen molar-refractivity contribution in [2.24, 2.45) is 0 Å². The smallest absolute Gasteiger partial charge is 0.211 e. The van der Waals surface area contributed by atoms with E-state index in [2.05, 4.69) is 0 Å². The zero-order chi connectivity index (χ0) is 10.9. The van der Waals surface area contributed by atoms with Gasteiger partial charge in [0.25, 0.3) is 0 Å². The van der Waals surface area contributed by atoms with Crippen molar-refractivity contribution in [3.63, 3.8) is 0 Å². The Morgan fingerprint density at radius 3 is 2.80 bits per heavy atom. The van der Waals surface area contributed by atoms with E-state index >= 15 is 0 Å². The molecule has 1 heterocycles. The maximum absolute atomic E-state index is 11.4. The van der Waals surface area contributed by atoms with Crippen molar-refractivity contribution in [2.75, 3.05) is 19.4 Å². The summed E-state index contributed by atoms with van der Waals surface area (Å²) < 4.78 is 29.7. The van der Waals surface area contributed by atoms with Crippen molar-refractivity contribution in [1.82, 2.24) is 4.31 Å². The van der Waals surface area contributed by atoms with Crippen molar-refractivity contribution in [3.05, 3.63) is 29.8 Å². The Bertz CT molecular complexity index is 455. The van der Waals surface area contributed by atoms with Crippen LogP contribution in [0.5, 0.6) is 5.75 Å². The summed E-state index contributed by atoms with van der Waals surface area (Å²) in [5.41, 5.74) is 0.917. The molecule has 1 aliphatic heterocycles. The Morgan fingerprint density at radius 2 is 2.07 bits per heavy atom. The largest absolute Gasteiger partial charge is 0.492 e. The fourth-order valence-corrected chi connectivity index (χ4v) is 2.36. The van der Waals surface area contributed by atoms with E-state index in [4.69, 9.17) is 4.74 Å². The molecule has 1 aliphatic rings. The lowest BCUT2D eigenvalue weighted by atomic mass is 10.2. The first-order valence-electron chi connectivity index (χ1n) is 4.73. The van der Waals surface area contributed by atoms with Crippen LogP contribution in [-0.4, -0.2) is 32.1 Å². The Kier molecular flexibility index (Phi) is 2.67. The van der Waals surface area contributed by atoms with Crippen LogP contribution in [0.4, 0.5) is 0 Å². The minimum Gasteiger partial charge on any atom is -0.492 e. The van der Waals surface area contributed by atoms with Gasteiger partial charge < -0.3 is 4.74 Å².